The molecule has 1 aromatic rings. The molecule has 1 saturated carbocycles. The summed E-state index contributed by atoms with van der Waals surface area (Å²) in [7, 11) is 0. The Hall–Kier alpha value is -1.42. The van der Waals surface area contributed by atoms with Gasteiger partial charge in [0.1, 0.15) is 0 Å². The van der Waals surface area contributed by atoms with Gasteiger partial charge in [0.15, 0.2) is 17.3 Å². The Morgan fingerprint density at radius 1 is 1.32 bits per heavy atom. The van der Waals surface area contributed by atoms with E-state index in [1.807, 2.05) is 0 Å². The van der Waals surface area contributed by atoms with Gasteiger partial charge in [-0.05, 0) is 42.9 Å². The number of rotatable bonds is 3. The highest BCUT2D eigenvalue weighted by molar-refractivity contribution is 5.97. The Morgan fingerprint density at radius 2 is 2.00 bits per heavy atom. The van der Waals surface area contributed by atoms with Gasteiger partial charge in [0, 0.05) is 18.7 Å². The molecular formula is C15H18FNO2. The number of halogens is 1. The van der Waals surface area contributed by atoms with Gasteiger partial charge in [-0.1, -0.05) is 6.42 Å². The Labute approximate surface area is 112 Å². The number of phenolic OH excluding ortho intramolecular Hbond substituents is 1. The molecule has 2 fully saturated rings. The van der Waals surface area contributed by atoms with Crippen molar-refractivity contribution in [3.05, 3.63) is 29.6 Å². The largest absolute Gasteiger partial charge is 0.505 e. The van der Waals surface area contributed by atoms with E-state index in [1.165, 1.54) is 31.4 Å². The number of aromatic hydroxyl groups is 1. The minimum atomic E-state index is -0.732. The summed E-state index contributed by atoms with van der Waals surface area (Å²) in [5.41, 5.74) is 0.340. The molecule has 1 N–H and O–H groups in total. The van der Waals surface area contributed by atoms with Crippen LogP contribution in [0.3, 0.4) is 0 Å². The first-order chi connectivity index (χ1) is 9.13. The second-order valence-electron chi connectivity index (χ2n) is 5.73. The number of benzene rings is 1. The summed E-state index contributed by atoms with van der Waals surface area (Å²) in [6.07, 6.45) is 3.88. The van der Waals surface area contributed by atoms with Crippen molar-refractivity contribution in [3.8, 4) is 5.75 Å². The zero-order valence-electron chi connectivity index (χ0n) is 10.8. The van der Waals surface area contributed by atoms with Crippen LogP contribution in [0.1, 0.15) is 29.6 Å². The monoisotopic (exact) mass is 263 g/mol. The van der Waals surface area contributed by atoms with Gasteiger partial charge in [-0.3, -0.25) is 9.69 Å². The van der Waals surface area contributed by atoms with Crippen molar-refractivity contribution < 1.29 is 14.3 Å². The molecule has 0 amide bonds. The highest BCUT2D eigenvalue weighted by atomic mass is 19.1. The number of carbonyl (C=O) groups is 1. The number of phenols is 1. The maximum absolute atomic E-state index is 13.2. The predicted octanol–water partition coefficient (Wildman–Crippen LogP) is 2.45. The lowest BCUT2D eigenvalue weighted by Gasteiger charge is -2.15. The third-order valence-corrected chi connectivity index (χ3v) is 4.44. The van der Waals surface area contributed by atoms with E-state index in [1.54, 1.807) is 0 Å². The molecule has 1 saturated heterocycles. The van der Waals surface area contributed by atoms with Crippen molar-refractivity contribution in [1.29, 1.82) is 0 Å². The van der Waals surface area contributed by atoms with E-state index in [0.717, 1.165) is 31.0 Å². The van der Waals surface area contributed by atoms with E-state index >= 15 is 0 Å². The van der Waals surface area contributed by atoms with Crippen molar-refractivity contribution in [1.82, 2.24) is 4.90 Å². The average Bonchev–Trinajstić information content (AvgIpc) is 2.93. The van der Waals surface area contributed by atoms with Gasteiger partial charge >= 0.3 is 0 Å². The average molecular weight is 263 g/mol. The van der Waals surface area contributed by atoms with E-state index in [2.05, 4.69) is 4.90 Å². The van der Waals surface area contributed by atoms with Crippen LogP contribution in [0.25, 0.3) is 0 Å². The number of fused-ring (bicyclic) bond motifs is 1. The molecule has 2 atom stereocenters. The number of hydrogen-bond acceptors (Lipinski definition) is 3. The minimum absolute atomic E-state index is 0.0705. The maximum Gasteiger partial charge on any atom is 0.176 e. The molecule has 0 bridgehead atoms. The zero-order valence-corrected chi connectivity index (χ0v) is 10.8. The highest BCUT2D eigenvalue weighted by Gasteiger charge is 2.36. The van der Waals surface area contributed by atoms with E-state index in [4.69, 9.17) is 5.11 Å². The number of carbonyl (C=O) groups excluding carboxylic acids is 1. The van der Waals surface area contributed by atoms with Crippen LogP contribution in [0.2, 0.25) is 0 Å². The topological polar surface area (TPSA) is 40.5 Å². The number of ketones is 1. The van der Waals surface area contributed by atoms with Crippen LogP contribution >= 0.6 is 0 Å². The SMILES string of the molecule is O=C(CN1CC2CCC[C@@H]2C1)c1ccc(O)c(F)c1. The Kier molecular flexibility index (Phi) is 3.27. The van der Waals surface area contributed by atoms with Crippen molar-refractivity contribution >= 4 is 5.78 Å². The van der Waals surface area contributed by atoms with Gasteiger partial charge in [0.05, 0.1) is 6.54 Å². The standard InChI is InChI=1S/C15H18FNO2/c16-13-6-10(4-5-14(13)18)15(19)9-17-7-11-2-1-3-12(11)8-17/h4-6,11-12,18H,1-3,7-9H2/t11-,12?/m1/s1. The van der Waals surface area contributed by atoms with Crippen LogP contribution in [0, 0.1) is 17.7 Å². The van der Waals surface area contributed by atoms with Crippen LogP contribution in [-0.2, 0) is 0 Å². The summed E-state index contributed by atoms with van der Waals surface area (Å²) in [5, 5.41) is 9.12. The third kappa shape index (κ3) is 2.50. The third-order valence-electron chi connectivity index (χ3n) is 4.44. The van der Waals surface area contributed by atoms with Crippen molar-refractivity contribution in [3.63, 3.8) is 0 Å². The van der Waals surface area contributed by atoms with Crippen LogP contribution < -0.4 is 0 Å². The second kappa shape index (κ2) is 4.93. The van der Waals surface area contributed by atoms with Gasteiger partial charge in [-0.25, -0.2) is 4.39 Å². The first-order valence-corrected chi connectivity index (χ1v) is 6.87. The van der Waals surface area contributed by atoms with Gasteiger partial charge in [0.2, 0.25) is 0 Å². The molecule has 0 radical (unpaired) electrons. The molecule has 0 aromatic heterocycles. The maximum atomic E-state index is 13.2. The molecule has 2 aliphatic rings. The Bertz CT molecular complexity index is 491. The molecule has 1 aromatic carbocycles. The fraction of sp³-hybridized carbons (Fsp3) is 0.533. The van der Waals surface area contributed by atoms with Crippen LogP contribution in [-0.4, -0.2) is 35.4 Å². The minimum Gasteiger partial charge on any atom is -0.505 e. The molecule has 1 aliphatic heterocycles. The summed E-state index contributed by atoms with van der Waals surface area (Å²) < 4.78 is 13.2. The van der Waals surface area contributed by atoms with Crippen LogP contribution in [0.5, 0.6) is 5.75 Å². The van der Waals surface area contributed by atoms with Crippen molar-refractivity contribution in [2.75, 3.05) is 19.6 Å². The summed E-state index contributed by atoms with van der Waals surface area (Å²) >= 11 is 0. The summed E-state index contributed by atoms with van der Waals surface area (Å²) in [4.78, 5) is 14.3. The molecule has 102 valence electrons. The molecule has 19 heavy (non-hydrogen) atoms. The van der Waals surface area contributed by atoms with Gasteiger partial charge in [-0.15, -0.1) is 0 Å². The van der Waals surface area contributed by atoms with Gasteiger partial charge in [-0.2, -0.15) is 0 Å². The molecule has 0 spiro atoms. The fourth-order valence-corrected chi connectivity index (χ4v) is 3.44. The number of Topliss-reactive ketones (excluding diaryl/α,β-unsaturated/α-hetero) is 1. The van der Waals surface area contributed by atoms with E-state index in [0.29, 0.717) is 12.1 Å². The first kappa shape index (κ1) is 12.6. The Morgan fingerprint density at radius 3 is 2.63 bits per heavy atom. The van der Waals surface area contributed by atoms with E-state index < -0.39 is 11.6 Å². The summed E-state index contributed by atoms with van der Waals surface area (Å²) in [6, 6.07) is 3.84. The highest BCUT2D eigenvalue weighted by Crippen LogP contribution is 2.37. The molecular weight excluding hydrogens is 245 g/mol. The molecule has 1 aliphatic carbocycles. The Balaban J connectivity index is 1.63. The predicted molar refractivity (Wildman–Crippen MR) is 69.7 cm³/mol. The van der Waals surface area contributed by atoms with Crippen molar-refractivity contribution in [2.24, 2.45) is 11.8 Å². The number of likely N-dealkylation sites (tertiary alicyclic amines) is 1. The summed E-state index contributed by atoms with van der Waals surface area (Å²) in [5.74, 6) is 0.295. The smallest absolute Gasteiger partial charge is 0.176 e. The quantitative estimate of drug-likeness (QED) is 0.852. The molecule has 4 heteroatoms. The van der Waals surface area contributed by atoms with Crippen LogP contribution in [0.15, 0.2) is 18.2 Å². The lowest BCUT2D eigenvalue weighted by molar-refractivity contribution is 0.0940. The van der Waals surface area contributed by atoms with E-state index in [9.17, 15) is 9.18 Å². The molecule has 3 nitrogen and oxygen atoms in total. The van der Waals surface area contributed by atoms with Crippen molar-refractivity contribution in [2.45, 2.75) is 19.3 Å². The van der Waals surface area contributed by atoms with Crippen LogP contribution in [0.4, 0.5) is 4.39 Å². The lowest BCUT2D eigenvalue weighted by atomic mass is 10.0. The lowest BCUT2D eigenvalue weighted by Crippen LogP contribution is -2.28. The van der Waals surface area contributed by atoms with Gasteiger partial charge < -0.3 is 5.11 Å². The normalized spacial score (nSPS) is 26.6. The first-order valence-electron chi connectivity index (χ1n) is 6.87. The second-order valence-corrected chi connectivity index (χ2v) is 5.73. The molecule has 3 rings (SSSR count). The van der Waals surface area contributed by atoms with E-state index in [-0.39, 0.29) is 5.78 Å². The molecule has 1 unspecified atom stereocenters. The zero-order chi connectivity index (χ0) is 13.4. The number of nitrogens with zero attached hydrogens (tertiary/aromatic N) is 1. The number of hydrogen-bond donors (Lipinski definition) is 1. The summed E-state index contributed by atoms with van der Waals surface area (Å²) in [6.45, 7) is 2.35. The molecule has 1 heterocycles. The fourth-order valence-electron chi connectivity index (χ4n) is 3.44. The van der Waals surface area contributed by atoms with Gasteiger partial charge in [0.25, 0.3) is 0 Å².